The summed E-state index contributed by atoms with van der Waals surface area (Å²) in [6.45, 7) is 11.3. The van der Waals surface area contributed by atoms with Crippen molar-refractivity contribution < 1.29 is 78.0 Å². The Balaban J connectivity index is 2.54. The molecule has 85 heavy (non-hydrogen) atoms. The summed E-state index contributed by atoms with van der Waals surface area (Å²) < 4.78 is 0. The zero-order valence-corrected chi connectivity index (χ0v) is 51.0. The Labute approximate surface area is 503 Å². The number of carboxylic acids is 2. The largest absolute Gasteiger partial charge is 0.508 e. The van der Waals surface area contributed by atoms with Gasteiger partial charge in [0.1, 0.15) is 65.9 Å². The Hall–Kier alpha value is -7.66. The maximum absolute atomic E-state index is 14.5. The molecule has 11 atom stereocenters. The number of nitrogens with one attached hydrogen (secondary N) is 9. The number of rotatable bonds is 38. The van der Waals surface area contributed by atoms with Crippen LogP contribution in [0.5, 0.6) is 11.5 Å². The zero-order valence-electron chi connectivity index (χ0n) is 49.4. The summed E-state index contributed by atoms with van der Waals surface area (Å²) in [5, 5.41) is 62.2. The van der Waals surface area contributed by atoms with Crippen LogP contribution in [-0.2, 0) is 70.4 Å². The van der Waals surface area contributed by atoms with Crippen LogP contribution in [0.3, 0.4) is 0 Å². The Morgan fingerprint density at radius 1 is 0.471 bits per heavy atom. The molecule has 472 valence electrons. The number of primary amides is 1. The van der Waals surface area contributed by atoms with E-state index in [1.807, 2.05) is 0 Å². The summed E-state index contributed by atoms with van der Waals surface area (Å²) in [6, 6.07) is -3.23. The van der Waals surface area contributed by atoms with Crippen molar-refractivity contribution in [3.63, 3.8) is 0 Å². The first kappa shape index (κ1) is 73.4. The minimum absolute atomic E-state index is 0.0353. The quantitative estimate of drug-likeness (QED) is 0.0395. The molecule has 2 aromatic carbocycles. The molecule has 2 aromatic rings. The van der Waals surface area contributed by atoms with E-state index in [9.17, 15) is 78.0 Å². The van der Waals surface area contributed by atoms with Gasteiger partial charge in [0.2, 0.25) is 59.1 Å². The van der Waals surface area contributed by atoms with Crippen LogP contribution in [0.15, 0.2) is 48.5 Å². The predicted molar refractivity (Wildman–Crippen MR) is 318 cm³/mol. The number of hydrogen-bond acceptors (Lipinski definition) is 17. The lowest BCUT2D eigenvalue weighted by atomic mass is 9.97. The van der Waals surface area contributed by atoms with E-state index in [4.69, 9.17) is 11.5 Å². The van der Waals surface area contributed by atoms with Crippen molar-refractivity contribution in [3.8, 4) is 11.5 Å². The molecule has 0 aromatic heterocycles. The van der Waals surface area contributed by atoms with E-state index in [0.29, 0.717) is 23.3 Å². The lowest BCUT2D eigenvalue weighted by Gasteiger charge is -2.29. The normalized spacial score (nSPS) is 15.1. The van der Waals surface area contributed by atoms with Crippen molar-refractivity contribution in [2.24, 2.45) is 29.2 Å². The van der Waals surface area contributed by atoms with Gasteiger partial charge in [0.15, 0.2) is 0 Å². The van der Waals surface area contributed by atoms with Crippen molar-refractivity contribution >= 4 is 94.5 Å². The number of carbonyl (C=O) groups is 12. The van der Waals surface area contributed by atoms with Crippen molar-refractivity contribution in [1.29, 1.82) is 0 Å². The molecule has 29 heteroatoms. The highest BCUT2D eigenvalue weighted by molar-refractivity contribution is 7.98. The maximum atomic E-state index is 14.5. The highest BCUT2D eigenvalue weighted by Crippen LogP contribution is 2.17. The van der Waals surface area contributed by atoms with Gasteiger partial charge >= 0.3 is 11.9 Å². The second-order valence-corrected chi connectivity index (χ2v) is 23.3. The first-order chi connectivity index (χ1) is 39.9. The van der Waals surface area contributed by atoms with Crippen LogP contribution in [0.4, 0.5) is 0 Å². The van der Waals surface area contributed by atoms with E-state index in [1.54, 1.807) is 54.1 Å². The van der Waals surface area contributed by atoms with Crippen LogP contribution in [0.2, 0.25) is 0 Å². The van der Waals surface area contributed by atoms with E-state index in [2.05, 4.69) is 47.9 Å². The van der Waals surface area contributed by atoms with E-state index in [-0.39, 0.29) is 55.3 Å². The van der Waals surface area contributed by atoms with Gasteiger partial charge in [-0.25, -0.2) is 4.79 Å². The molecular formula is C56H85N11O16S2. The summed E-state index contributed by atoms with van der Waals surface area (Å²) in [6.07, 6.45) is 1.48. The molecule has 10 amide bonds. The van der Waals surface area contributed by atoms with Crippen LogP contribution < -0.4 is 59.3 Å². The van der Waals surface area contributed by atoms with Crippen LogP contribution >= 0.6 is 23.5 Å². The SMILES string of the molecule is CC[C@H](C)[C@H](NC(=O)[C@H](C)N)C(=O)N[C@@H](CC(=O)O)C(=O)N[C@@H](CC(C)C)C(=O)N[C@@H](CC(N)=O)C(=O)N[C@@H](Cc1ccc(O)cc1)C(=O)N[C@@H](CCSC)C(=O)N[C@H](C(=O)N[C@@H](Cc1ccc(O)cc1)C(=O)N[C@@H](CCSC)C(=O)O)C(C)C. The molecule has 0 saturated heterocycles. The van der Waals surface area contributed by atoms with Crippen LogP contribution in [0.25, 0.3) is 0 Å². The molecule has 17 N–H and O–H groups in total. The summed E-state index contributed by atoms with van der Waals surface area (Å²) in [4.78, 5) is 162. The second-order valence-electron chi connectivity index (χ2n) is 21.4. The third-order valence-corrected chi connectivity index (χ3v) is 14.6. The first-order valence-corrected chi connectivity index (χ1v) is 30.5. The third kappa shape index (κ3) is 26.4. The maximum Gasteiger partial charge on any atom is 0.326 e. The highest BCUT2D eigenvalue weighted by atomic mass is 32.2. The summed E-state index contributed by atoms with van der Waals surface area (Å²) >= 11 is 2.68. The molecule has 0 aliphatic rings. The van der Waals surface area contributed by atoms with E-state index in [1.165, 1.54) is 79.0 Å². The molecule has 0 radical (unpaired) electrons. The lowest BCUT2D eigenvalue weighted by molar-refractivity contribution is -0.142. The molecule has 0 spiro atoms. The lowest BCUT2D eigenvalue weighted by Crippen LogP contribution is -2.62. The van der Waals surface area contributed by atoms with Gasteiger partial charge in [0.25, 0.3) is 0 Å². The fraction of sp³-hybridized carbons (Fsp3) is 0.571. The summed E-state index contributed by atoms with van der Waals surface area (Å²) in [5.41, 5.74) is 12.1. The minimum Gasteiger partial charge on any atom is -0.508 e. The van der Waals surface area contributed by atoms with Crippen LogP contribution in [0.1, 0.15) is 98.1 Å². The fourth-order valence-electron chi connectivity index (χ4n) is 8.31. The Kier molecular flexibility index (Phi) is 31.9. The number of hydrogen-bond donors (Lipinski definition) is 15. The molecule has 0 heterocycles. The molecule has 0 saturated carbocycles. The van der Waals surface area contributed by atoms with Gasteiger partial charge in [-0.05, 0) is 103 Å². The number of nitrogens with two attached hydrogens (primary N) is 2. The van der Waals surface area contributed by atoms with Crippen LogP contribution in [-0.4, -0.2) is 176 Å². The van der Waals surface area contributed by atoms with Crippen molar-refractivity contribution in [3.05, 3.63) is 59.7 Å². The standard InChI is InChI=1S/C56H85N11O16S2/c1-10-30(6)46(67-47(73)31(7)57)55(81)65-42(27-44(71)72)53(79)61-38(23-28(2)3)49(75)63-41(26-43(58)70)52(78)62-39(24-32-11-15-34(68)16-12-32)50(76)59-36(19-21-84-8)48(74)66-45(29(4)5)54(80)64-40(25-33-13-17-35(69)18-14-33)51(77)60-37(56(82)83)20-22-85-9/h11-18,28-31,36-42,45-46,68-69H,10,19-27,57H2,1-9H3,(H2,58,70)(H,59,76)(H,60,77)(H,61,79)(H,62,78)(H,63,75)(H,64,80)(H,65,81)(H,66,74)(H,67,73)(H,71,72)(H,82,83)/t30-,31-,36-,37-,38-,39-,40-,41-,42-,45-,46-/m0/s1. The second kappa shape index (κ2) is 36.9. The topological polar surface area (TPSA) is 446 Å². The number of amides is 10. The van der Waals surface area contributed by atoms with Gasteiger partial charge in [-0.1, -0.05) is 72.2 Å². The number of aliphatic carboxylic acids is 2. The molecular weight excluding hydrogens is 1150 g/mol. The monoisotopic (exact) mass is 1230 g/mol. The average Bonchev–Trinajstić information content (AvgIpc) is 3.63. The predicted octanol–water partition coefficient (Wildman–Crippen LogP) is -0.718. The minimum atomic E-state index is -1.84. The number of carbonyl (C=O) groups excluding carboxylic acids is 10. The van der Waals surface area contributed by atoms with Gasteiger partial charge in [-0.3, -0.25) is 52.7 Å². The van der Waals surface area contributed by atoms with Crippen LogP contribution in [0, 0.1) is 17.8 Å². The Morgan fingerprint density at radius 3 is 1.26 bits per heavy atom. The molecule has 0 aliphatic carbocycles. The van der Waals surface area contributed by atoms with Gasteiger partial charge in [0.05, 0.1) is 18.9 Å². The smallest absolute Gasteiger partial charge is 0.326 e. The van der Waals surface area contributed by atoms with Gasteiger partial charge in [0, 0.05) is 12.8 Å². The summed E-state index contributed by atoms with van der Waals surface area (Å²) in [5.74, 6) is -13.4. The molecule has 0 fully saturated rings. The Morgan fingerprint density at radius 2 is 0.835 bits per heavy atom. The van der Waals surface area contributed by atoms with E-state index in [0.717, 1.165) is 0 Å². The molecule has 0 unspecified atom stereocenters. The summed E-state index contributed by atoms with van der Waals surface area (Å²) in [7, 11) is 0. The van der Waals surface area contributed by atoms with Crippen molar-refractivity contribution in [2.45, 2.75) is 160 Å². The van der Waals surface area contributed by atoms with E-state index < -0.39 is 156 Å². The molecule has 27 nitrogen and oxygen atoms in total. The molecule has 0 bridgehead atoms. The number of phenols is 2. The van der Waals surface area contributed by atoms with Crippen molar-refractivity contribution in [2.75, 3.05) is 24.0 Å². The zero-order chi connectivity index (χ0) is 64.2. The Bertz CT molecular complexity index is 2610. The third-order valence-electron chi connectivity index (χ3n) is 13.3. The highest BCUT2D eigenvalue weighted by Gasteiger charge is 2.38. The van der Waals surface area contributed by atoms with Gasteiger partial charge in [-0.15, -0.1) is 0 Å². The number of aromatic hydroxyl groups is 2. The van der Waals surface area contributed by atoms with Crippen molar-refractivity contribution in [1.82, 2.24) is 47.9 Å². The average molecular weight is 1230 g/mol. The van der Waals surface area contributed by atoms with Gasteiger partial charge in [-0.2, -0.15) is 23.5 Å². The molecule has 0 aliphatic heterocycles. The number of phenolic OH excluding ortho intramolecular Hbond substituents is 2. The fourth-order valence-corrected chi connectivity index (χ4v) is 9.25. The number of benzene rings is 2. The number of carboxylic acid groups (broad SMARTS) is 2. The first-order valence-electron chi connectivity index (χ1n) is 27.7. The molecule has 2 rings (SSSR count). The number of thioether (sulfide) groups is 2. The van der Waals surface area contributed by atoms with Gasteiger partial charge < -0.3 is 79.7 Å². The van der Waals surface area contributed by atoms with E-state index >= 15 is 0 Å².